The highest BCUT2D eigenvalue weighted by atomic mass is 16.5. The van der Waals surface area contributed by atoms with Gasteiger partial charge in [0, 0.05) is 38.4 Å². The number of ether oxygens (including phenoxy) is 2. The van der Waals surface area contributed by atoms with Gasteiger partial charge in [-0.3, -0.25) is 4.79 Å². The van der Waals surface area contributed by atoms with Gasteiger partial charge < -0.3 is 29.6 Å². The number of carbonyl (C=O) groups excluding carboxylic acids is 1. The Bertz CT molecular complexity index is 731. The molecule has 2 N–H and O–H groups in total. The van der Waals surface area contributed by atoms with Gasteiger partial charge in [-0.25, -0.2) is 6.57 Å². The summed E-state index contributed by atoms with van der Waals surface area (Å²) in [6.07, 6.45) is 1.97. The molecular weight excluding hydrogens is 358 g/mol. The summed E-state index contributed by atoms with van der Waals surface area (Å²) < 4.78 is 11.6. The molecule has 0 saturated carbocycles. The number of aliphatic hydroxyl groups excluding tert-OH is 1. The molecule has 1 amide bonds. The molecule has 1 fully saturated rings. The van der Waals surface area contributed by atoms with E-state index in [1.54, 1.807) is 6.07 Å². The zero-order valence-corrected chi connectivity index (χ0v) is 16.4. The van der Waals surface area contributed by atoms with Crippen molar-refractivity contribution in [3.05, 3.63) is 34.7 Å². The molecular formula is C21H29N3O4. The van der Waals surface area contributed by atoms with Gasteiger partial charge in [0.15, 0.2) is 11.5 Å². The molecule has 152 valence electrons. The summed E-state index contributed by atoms with van der Waals surface area (Å²) >= 11 is 0. The van der Waals surface area contributed by atoms with Crippen LogP contribution in [0.5, 0.6) is 11.5 Å². The molecule has 1 aromatic carbocycles. The maximum Gasteiger partial charge on any atom is 0.255 e. The van der Waals surface area contributed by atoms with E-state index in [-0.39, 0.29) is 11.8 Å². The summed E-state index contributed by atoms with van der Waals surface area (Å²) in [4.78, 5) is 18.3. The van der Waals surface area contributed by atoms with E-state index >= 15 is 0 Å². The van der Waals surface area contributed by atoms with E-state index in [1.165, 1.54) is 0 Å². The minimum absolute atomic E-state index is 0.0299. The van der Waals surface area contributed by atoms with Crippen LogP contribution in [0.4, 0.5) is 0 Å². The van der Waals surface area contributed by atoms with Crippen molar-refractivity contribution in [3.8, 4) is 11.5 Å². The van der Waals surface area contributed by atoms with Crippen LogP contribution in [0.2, 0.25) is 0 Å². The Kier molecular flexibility index (Phi) is 7.12. The maximum atomic E-state index is 12.8. The highest BCUT2D eigenvalue weighted by Crippen LogP contribution is 2.36. The first-order valence-corrected chi connectivity index (χ1v) is 10.0. The van der Waals surface area contributed by atoms with E-state index in [0.717, 1.165) is 37.9 Å². The van der Waals surface area contributed by atoms with Gasteiger partial charge in [0.25, 0.3) is 5.91 Å². The van der Waals surface area contributed by atoms with E-state index in [4.69, 9.17) is 16.0 Å². The monoisotopic (exact) mass is 387 g/mol. The second-order valence-electron chi connectivity index (χ2n) is 7.50. The van der Waals surface area contributed by atoms with Crippen LogP contribution in [0.3, 0.4) is 0 Å². The molecule has 0 aliphatic carbocycles. The van der Waals surface area contributed by atoms with Crippen molar-refractivity contribution in [1.29, 1.82) is 0 Å². The van der Waals surface area contributed by atoms with Gasteiger partial charge >= 0.3 is 0 Å². The zero-order valence-electron chi connectivity index (χ0n) is 16.4. The number of aryl methyl sites for hydroxylation is 1. The minimum Gasteiger partial charge on any atom is -0.489 e. The number of amides is 1. The largest absolute Gasteiger partial charge is 0.489 e. The van der Waals surface area contributed by atoms with E-state index in [1.807, 2.05) is 13.0 Å². The molecule has 7 heteroatoms. The molecule has 2 atom stereocenters. The first-order chi connectivity index (χ1) is 13.6. The highest BCUT2D eigenvalue weighted by molar-refractivity contribution is 5.98. The fourth-order valence-electron chi connectivity index (χ4n) is 3.75. The Balaban J connectivity index is 1.56. The Labute approximate surface area is 166 Å². The molecule has 7 nitrogen and oxygen atoms in total. The molecule has 28 heavy (non-hydrogen) atoms. The van der Waals surface area contributed by atoms with E-state index in [9.17, 15) is 9.90 Å². The second-order valence-corrected chi connectivity index (χ2v) is 7.50. The molecule has 0 radical (unpaired) electrons. The number of piperidine rings is 1. The molecule has 0 unspecified atom stereocenters. The number of hydrogen-bond donors (Lipinski definition) is 2. The summed E-state index contributed by atoms with van der Waals surface area (Å²) in [5.41, 5.74) is 1.43. The Morgan fingerprint density at radius 2 is 2.14 bits per heavy atom. The van der Waals surface area contributed by atoms with E-state index in [0.29, 0.717) is 49.9 Å². The number of likely N-dealkylation sites (tertiary alicyclic amines) is 1. The van der Waals surface area contributed by atoms with Crippen molar-refractivity contribution in [2.45, 2.75) is 32.3 Å². The van der Waals surface area contributed by atoms with E-state index in [2.05, 4.69) is 15.1 Å². The maximum absolute atomic E-state index is 12.8. The van der Waals surface area contributed by atoms with Gasteiger partial charge in [0.05, 0.1) is 24.9 Å². The number of aliphatic hydroxyl groups is 1. The van der Waals surface area contributed by atoms with Gasteiger partial charge in [-0.15, -0.1) is 0 Å². The van der Waals surface area contributed by atoms with Gasteiger partial charge in [0.1, 0.15) is 0 Å². The van der Waals surface area contributed by atoms with Crippen LogP contribution < -0.4 is 14.8 Å². The first-order valence-electron chi connectivity index (χ1n) is 10.0. The number of nitrogens with zero attached hydrogens (tertiary/aromatic N) is 2. The molecule has 0 aromatic heterocycles. The summed E-state index contributed by atoms with van der Waals surface area (Å²) in [6, 6.07) is 3.65. The Hall–Kier alpha value is -2.30. The van der Waals surface area contributed by atoms with Crippen LogP contribution in [-0.4, -0.2) is 68.0 Å². The fourth-order valence-corrected chi connectivity index (χ4v) is 3.75. The topological polar surface area (TPSA) is 75.4 Å². The molecule has 2 heterocycles. The molecule has 2 aliphatic heterocycles. The predicted molar refractivity (Wildman–Crippen MR) is 106 cm³/mol. The minimum atomic E-state index is -0.475. The van der Waals surface area contributed by atoms with Crippen LogP contribution in [-0.2, 0) is 0 Å². The highest BCUT2D eigenvalue weighted by Gasteiger charge is 2.28. The molecule has 1 saturated heterocycles. The summed E-state index contributed by atoms with van der Waals surface area (Å²) in [7, 11) is 0. The van der Waals surface area contributed by atoms with Crippen molar-refractivity contribution in [2.24, 2.45) is 5.92 Å². The summed E-state index contributed by atoms with van der Waals surface area (Å²) in [6.45, 7) is 13.2. The Morgan fingerprint density at radius 1 is 1.36 bits per heavy atom. The lowest BCUT2D eigenvalue weighted by Crippen LogP contribution is -2.47. The molecule has 0 bridgehead atoms. The van der Waals surface area contributed by atoms with Gasteiger partial charge in [0.2, 0.25) is 6.54 Å². The van der Waals surface area contributed by atoms with Crippen molar-refractivity contribution in [3.63, 3.8) is 0 Å². The fraction of sp³-hybridized carbons (Fsp3) is 0.619. The van der Waals surface area contributed by atoms with Crippen LogP contribution in [0.25, 0.3) is 4.85 Å². The third-order valence-electron chi connectivity index (χ3n) is 5.41. The standard InChI is InChI=1S/C21H29N3O4/c1-15-5-6-17(20-19(15)27-11-4-12-28-20)21(26)23-13-16-7-10-24(14-18(16)25)9-3-8-22-2/h5-6,16,18,25H,3-4,7-14H2,1H3,(H,23,26)/t16-,18+/m0/s1. The lowest BCUT2D eigenvalue weighted by atomic mass is 9.93. The van der Waals surface area contributed by atoms with Crippen LogP contribution in [0.1, 0.15) is 35.2 Å². The lowest BCUT2D eigenvalue weighted by Gasteiger charge is -2.35. The number of benzene rings is 1. The lowest BCUT2D eigenvalue weighted by molar-refractivity contribution is 0.0222. The number of β-amino-alcohol motifs (C(OH)–C–C–N with tert-alkyl or cyclic N) is 1. The van der Waals surface area contributed by atoms with Crippen LogP contribution in [0, 0.1) is 19.4 Å². The first kappa shape index (κ1) is 20.4. The van der Waals surface area contributed by atoms with Crippen molar-refractivity contribution >= 4 is 5.91 Å². The second kappa shape index (κ2) is 9.76. The zero-order chi connectivity index (χ0) is 19.9. The molecule has 3 rings (SSSR count). The Morgan fingerprint density at radius 3 is 2.89 bits per heavy atom. The molecule has 1 aromatic rings. The summed E-state index contributed by atoms with van der Waals surface area (Å²) in [5, 5.41) is 13.4. The predicted octanol–water partition coefficient (Wildman–Crippen LogP) is 1.88. The van der Waals surface area contributed by atoms with Gasteiger partial charge in [-0.2, -0.15) is 0 Å². The third kappa shape index (κ3) is 4.94. The van der Waals surface area contributed by atoms with Crippen molar-refractivity contribution < 1.29 is 19.4 Å². The van der Waals surface area contributed by atoms with Gasteiger partial charge in [-0.05, 0) is 31.5 Å². The number of rotatable bonds is 6. The van der Waals surface area contributed by atoms with Crippen LogP contribution in [0.15, 0.2) is 12.1 Å². The number of nitrogens with one attached hydrogen (secondary N) is 1. The van der Waals surface area contributed by atoms with Crippen LogP contribution >= 0.6 is 0 Å². The number of carbonyl (C=O) groups is 1. The molecule has 0 spiro atoms. The summed E-state index contributed by atoms with van der Waals surface area (Å²) in [5.74, 6) is 0.999. The van der Waals surface area contributed by atoms with Crippen molar-refractivity contribution in [2.75, 3.05) is 45.9 Å². The van der Waals surface area contributed by atoms with E-state index < -0.39 is 6.10 Å². The smallest absolute Gasteiger partial charge is 0.255 e. The molecule has 2 aliphatic rings. The average Bonchev–Trinajstić information content (AvgIpc) is 2.94. The van der Waals surface area contributed by atoms with Crippen molar-refractivity contribution in [1.82, 2.24) is 10.2 Å². The number of fused-ring (bicyclic) bond motifs is 1. The van der Waals surface area contributed by atoms with Gasteiger partial charge in [-0.1, -0.05) is 6.07 Å². The SMILES string of the molecule is [C-]#[N+]CCCN1CC[C@@H](CNC(=O)c2ccc(C)c3c2OCCCO3)[C@H](O)C1. The normalized spacial score (nSPS) is 22.2. The third-order valence-corrected chi connectivity index (χ3v) is 5.41. The average molecular weight is 387 g/mol. The quantitative estimate of drug-likeness (QED) is 0.576. The number of hydrogen-bond acceptors (Lipinski definition) is 5.